The molecule has 0 saturated carbocycles. The number of hydrogen-bond donors (Lipinski definition) is 2. The van der Waals surface area contributed by atoms with Gasteiger partial charge in [-0.05, 0) is 0 Å². The molecule has 1 fully saturated rings. The van der Waals surface area contributed by atoms with Crippen molar-refractivity contribution in [3.8, 4) is 0 Å². The molecule has 0 aromatic rings. The molecule has 0 aromatic heterocycles. The van der Waals surface area contributed by atoms with E-state index in [0.717, 1.165) is 0 Å². The van der Waals surface area contributed by atoms with Gasteiger partial charge in [-0.2, -0.15) is 0 Å². The predicted molar refractivity (Wildman–Crippen MR) is 61.6 cm³/mol. The van der Waals surface area contributed by atoms with Gasteiger partial charge in [0.25, 0.3) is 0 Å². The summed E-state index contributed by atoms with van der Waals surface area (Å²) in [5.74, 6) is -0.781. The normalized spacial score (nSPS) is 15.2. The van der Waals surface area contributed by atoms with Gasteiger partial charge in [-0.1, -0.05) is 6.08 Å². The molecule has 0 bridgehead atoms. The number of likely N-dealkylation sites (tertiary alicyclic amines) is 1. The number of hydrogen-bond acceptors (Lipinski definition) is 3. The van der Waals surface area contributed by atoms with Crippen molar-refractivity contribution < 1.29 is 19.8 Å². The Morgan fingerprint density at radius 3 is 2.59 bits per heavy atom. The Hall–Kier alpha value is -1.56. The first-order valence-electron chi connectivity index (χ1n) is 5.56. The summed E-state index contributed by atoms with van der Waals surface area (Å²) in [5.41, 5.74) is 0. The smallest absolute Gasteiger partial charge is 0.320 e. The summed E-state index contributed by atoms with van der Waals surface area (Å²) in [6.45, 7) is 5.07. The molecule has 1 saturated heterocycles. The third kappa shape index (κ3) is 3.74. The van der Waals surface area contributed by atoms with Gasteiger partial charge in [0.15, 0.2) is 0 Å². The average molecular weight is 242 g/mol. The molecule has 96 valence electrons. The fourth-order valence-electron chi connectivity index (χ4n) is 1.84. The summed E-state index contributed by atoms with van der Waals surface area (Å²) in [5, 5.41) is 17.4. The molecule has 2 amide bonds. The highest BCUT2D eigenvalue weighted by Gasteiger charge is 2.33. The molecule has 2 N–H and O–H groups in total. The number of aliphatic carboxylic acids is 1. The van der Waals surface area contributed by atoms with Crippen molar-refractivity contribution in [3.63, 3.8) is 0 Å². The van der Waals surface area contributed by atoms with E-state index in [1.807, 2.05) is 0 Å². The maximum absolute atomic E-state index is 11.9. The van der Waals surface area contributed by atoms with E-state index >= 15 is 0 Å². The van der Waals surface area contributed by atoms with Crippen LogP contribution >= 0.6 is 0 Å². The summed E-state index contributed by atoms with van der Waals surface area (Å²) in [6, 6.07) is -0.166. The first-order chi connectivity index (χ1) is 8.08. The summed E-state index contributed by atoms with van der Waals surface area (Å²) in [7, 11) is 0. The number of aliphatic hydroxyl groups is 1. The monoisotopic (exact) mass is 242 g/mol. The van der Waals surface area contributed by atoms with Crippen LogP contribution < -0.4 is 0 Å². The fraction of sp³-hybridized carbons (Fsp3) is 0.636. The number of aliphatic hydroxyl groups excluding tert-OH is 1. The lowest BCUT2D eigenvalue weighted by molar-refractivity contribution is -0.139. The first kappa shape index (κ1) is 13.5. The molecule has 6 heteroatoms. The Morgan fingerprint density at radius 2 is 2.12 bits per heavy atom. The van der Waals surface area contributed by atoms with Crippen molar-refractivity contribution in [3.05, 3.63) is 12.7 Å². The van der Waals surface area contributed by atoms with Crippen LogP contribution in [0.15, 0.2) is 12.7 Å². The van der Waals surface area contributed by atoms with Crippen LogP contribution in [0, 0.1) is 5.92 Å². The molecule has 0 unspecified atom stereocenters. The van der Waals surface area contributed by atoms with Crippen LogP contribution in [-0.4, -0.2) is 64.8 Å². The Labute approximate surface area is 100 Å². The zero-order valence-electron chi connectivity index (χ0n) is 9.71. The zero-order chi connectivity index (χ0) is 12.8. The molecule has 1 rings (SSSR count). The molecule has 17 heavy (non-hydrogen) atoms. The van der Waals surface area contributed by atoms with Gasteiger partial charge < -0.3 is 20.0 Å². The second kappa shape index (κ2) is 6.24. The van der Waals surface area contributed by atoms with Gasteiger partial charge in [-0.25, -0.2) is 4.79 Å². The van der Waals surface area contributed by atoms with E-state index in [1.54, 1.807) is 11.0 Å². The lowest BCUT2D eigenvalue weighted by Crippen LogP contribution is -2.55. The molecule has 0 aromatic carbocycles. The number of carbonyl (C=O) groups is 2. The van der Waals surface area contributed by atoms with Crippen molar-refractivity contribution >= 4 is 12.0 Å². The third-order valence-electron chi connectivity index (χ3n) is 2.68. The first-order valence-corrected chi connectivity index (χ1v) is 5.56. The predicted octanol–water partition coefficient (Wildman–Crippen LogP) is -0.00680. The highest BCUT2D eigenvalue weighted by atomic mass is 16.4. The molecular weight excluding hydrogens is 224 g/mol. The van der Waals surface area contributed by atoms with Crippen LogP contribution in [0.1, 0.15) is 6.42 Å². The largest absolute Gasteiger partial charge is 0.481 e. The topological polar surface area (TPSA) is 81.1 Å². The average Bonchev–Trinajstić information content (AvgIpc) is 2.21. The zero-order valence-corrected chi connectivity index (χ0v) is 9.71. The van der Waals surface area contributed by atoms with E-state index in [9.17, 15) is 9.59 Å². The number of carboxylic acids is 1. The van der Waals surface area contributed by atoms with Crippen LogP contribution in [-0.2, 0) is 4.79 Å². The molecule has 6 nitrogen and oxygen atoms in total. The van der Waals surface area contributed by atoms with Gasteiger partial charge in [0, 0.05) is 32.1 Å². The number of rotatable bonds is 6. The minimum absolute atomic E-state index is 0.0520. The lowest BCUT2D eigenvalue weighted by atomic mass is 9.97. The SMILES string of the molecule is C=CCN(CCO)C(=O)N1CC(CC(=O)O)C1. The van der Waals surface area contributed by atoms with Gasteiger partial charge >= 0.3 is 12.0 Å². The summed E-state index contributed by atoms with van der Waals surface area (Å²) in [6.07, 6.45) is 1.70. The lowest BCUT2D eigenvalue weighted by Gasteiger charge is -2.41. The minimum atomic E-state index is -0.833. The highest BCUT2D eigenvalue weighted by molar-refractivity contribution is 5.76. The van der Waals surface area contributed by atoms with E-state index in [2.05, 4.69) is 6.58 Å². The Kier molecular flexibility index (Phi) is 4.96. The van der Waals surface area contributed by atoms with E-state index in [1.165, 1.54) is 4.90 Å². The van der Waals surface area contributed by atoms with Crippen LogP contribution in [0.3, 0.4) is 0 Å². The van der Waals surface area contributed by atoms with Crippen molar-refractivity contribution in [2.24, 2.45) is 5.92 Å². The molecule has 1 aliphatic heterocycles. The Balaban J connectivity index is 2.38. The van der Waals surface area contributed by atoms with Crippen molar-refractivity contribution in [2.45, 2.75) is 6.42 Å². The van der Waals surface area contributed by atoms with Crippen LogP contribution in [0.25, 0.3) is 0 Å². The Morgan fingerprint density at radius 1 is 1.47 bits per heavy atom. The molecule has 1 aliphatic rings. The number of carboxylic acid groups (broad SMARTS) is 1. The van der Waals surface area contributed by atoms with E-state index < -0.39 is 5.97 Å². The molecule has 0 spiro atoms. The highest BCUT2D eigenvalue weighted by Crippen LogP contribution is 2.20. The fourth-order valence-corrected chi connectivity index (χ4v) is 1.84. The Bertz CT molecular complexity index is 300. The van der Waals surface area contributed by atoms with Crippen molar-refractivity contribution in [2.75, 3.05) is 32.8 Å². The van der Waals surface area contributed by atoms with Gasteiger partial charge in [0.2, 0.25) is 0 Å². The minimum Gasteiger partial charge on any atom is -0.481 e. The van der Waals surface area contributed by atoms with Gasteiger partial charge in [-0.15, -0.1) is 6.58 Å². The second-order valence-corrected chi connectivity index (χ2v) is 4.11. The van der Waals surface area contributed by atoms with Crippen LogP contribution in [0.5, 0.6) is 0 Å². The number of urea groups is 1. The van der Waals surface area contributed by atoms with E-state index in [4.69, 9.17) is 10.2 Å². The maximum atomic E-state index is 11.9. The van der Waals surface area contributed by atoms with Gasteiger partial charge in [-0.3, -0.25) is 4.79 Å². The van der Waals surface area contributed by atoms with Crippen LogP contribution in [0.2, 0.25) is 0 Å². The van der Waals surface area contributed by atoms with E-state index in [-0.39, 0.29) is 31.5 Å². The molecule has 1 heterocycles. The van der Waals surface area contributed by atoms with Gasteiger partial charge in [0.05, 0.1) is 13.0 Å². The summed E-state index contributed by atoms with van der Waals surface area (Å²) >= 11 is 0. The molecular formula is C11H18N2O4. The molecule has 0 radical (unpaired) electrons. The number of amides is 2. The molecule has 0 atom stereocenters. The van der Waals surface area contributed by atoms with Crippen LogP contribution in [0.4, 0.5) is 4.79 Å². The summed E-state index contributed by atoms with van der Waals surface area (Å²) < 4.78 is 0. The quantitative estimate of drug-likeness (QED) is 0.642. The third-order valence-corrected chi connectivity index (χ3v) is 2.68. The molecule has 0 aliphatic carbocycles. The van der Waals surface area contributed by atoms with Crippen molar-refractivity contribution in [1.82, 2.24) is 9.80 Å². The number of nitrogens with zero attached hydrogens (tertiary/aromatic N) is 2. The van der Waals surface area contributed by atoms with Crippen molar-refractivity contribution in [1.29, 1.82) is 0 Å². The second-order valence-electron chi connectivity index (χ2n) is 4.11. The standard InChI is InChI=1S/C11H18N2O4/c1-2-3-12(4-5-14)11(17)13-7-9(8-13)6-10(15)16/h2,9,14H,1,3-8H2,(H,15,16). The maximum Gasteiger partial charge on any atom is 0.320 e. The summed E-state index contributed by atoms with van der Waals surface area (Å²) in [4.78, 5) is 25.4. The number of carbonyl (C=O) groups excluding carboxylic acids is 1. The van der Waals surface area contributed by atoms with E-state index in [0.29, 0.717) is 19.6 Å². The van der Waals surface area contributed by atoms with Gasteiger partial charge in [0.1, 0.15) is 0 Å².